The summed E-state index contributed by atoms with van der Waals surface area (Å²) in [6.45, 7) is 0.364. The highest BCUT2D eigenvalue weighted by atomic mass is 35.5. The highest BCUT2D eigenvalue weighted by Crippen LogP contribution is 2.49. The second kappa shape index (κ2) is 9.07. The Morgan fingerprint density at radius 2 is 1.74 bits per heavy atom. The van der Waals surface area contributed by atoms with E-state index >= 15 is 0 Å². The van der Waals surface area contributed by atoms with Crippen LogP contribution in [0.2, 0.25) is 10.0 Å². The normalized spacial score (nSPS) is 17.1. The molecular formula is C30H23Cl2NO2. The van der Waals surface area contributed by atoms with E-state index in [4.69, 9.17) is 27.9 Å². The van der Waals surface area contributed by atoms with Crippen LogP contribution in [0.3, 0.4) is 0 Å². The minimum Gasteiger partial charge on any atom is -0.489 e. The molecule has 1 N–H and O–H groups in total. The Kier molecular flexibility index (Phi) is 5.75. The number of carbonyl (C=O) groups excluding carboxylic acids is 1. The van der Waals surface area contributed by atoms with Crippen LogP contribution in [0.25, 0.3) is 16.3 Å². The maximum atomic E-state index is 13.4. The molecule has 0 bridgehead atoms. The first-order chi connectivity index (χ1) is 17.1. The predicted octanol–water partition coefficient (Wildman–Crippen LogP) is 8.40. The lowest BCUT2D eigenvalue weighted by Gasteiger charge is -2.35. The SMILES string of the molecule is O=C1CCCC2=C1[C@H](c1cc(Cl)ccc1OCc1cccc(Cl)c1)Nc1ccc3ccccc3c12. The fraction of sp³-hybridized carbons (Fsp3) is 0.167. The van der Waals surface area contributed by atoms with Crippen molar-refractivity contribution in [1.82, 2.24) is 0 Å². The number of Topliss-reactive ketones (excluding diaryl/α,β-unsaturated/α-hetero) is 1. The van der Waals surface area contributed by atoms with Gasteiger partial charge >= 0.3 is 0 Å². The van der Waals surface area contributed by atoms with Gasteiger partial charge in [-0.25, -0.2) is 0 Å². The van der Waals surface area contributed by atoms with Crippen molar-refractivity contribution in [3.05, 3.63) is 111 Å². The molecule has 3 nitrogen and oxygen atoms in total. The van der Waals surface area contributed by atoms with Gasteiger partial charge < -0.3 is 10.1 Å². The van der Waals surface area contributed by atoms with Crippen LogP contribution in [-0.4, -0.2) is 5.78 Å². The Balaban J connectivity index is 1.47. The lowest BCUT2D eigenvalue weighted by Crippen LogP contribution is -2.27. The Morgan fingerprint density at radius 3 is 2.63 bits per heavy atom. The number of fused-ring (bicyclic) bond motifs is 4. The molecular weight excluding hydrogens is 477 g/mol. The Labute approximate surface area is 214 Å². The van der Waals surface area contributed by atoms with E-state index in [0.29, 0.717) is 28.8 Å². The Hall–Kier alpha value is -3.27. The second-order valence-corrected chi connectivity index (χ2v) is 9.93. The number of allylic oxidation sites excluding steroid dienone is 1. The fourth-order valence-electron chi connectivity index (χ4n) is 5.30. The molecule has 0 saturated heterocycles. The molecule has 5 heteroatoms. The zero-order chi connectivity index (χ0) is 23.9. The molecule has 0 unspecified atom stereocenters. The molecule has 1 atom stereocenters. The van der Waals surface area contributed by atoms with Crippen molar-refractivity contribution in [3.63, 3.8) is 0 Å². The Bertz CT molecular complexity index is 1510. The van der Waals surface area contributed by atoms with Crippen molar-refractivity contribution >= 4 is 51.0 Å². The number of hydrogen-bond donors (Lipinski definition) is 1. The highest BCUT2D eigenvalue weighted by Gasteiger charge is 2.36. The minimum atomic E-state index is -0.334. The monoisotopic (exact) mass is 499 g/mol. The summed E-state index contributed by atoms with van der Waals surface area (Å²) in [6, 6.07) is 25.5. The second-order valence-electron chi connectivity index (χ2n) is 9.06. The number of benzene rings is 4. The van der Waals surface area contributed by atoms with Crippen LogP contribution in [0.5, 0.6) is 5.75 Å². The first kappa shape index (κ1) is 22.2. The lowest BCUT2D eigenvalue weighted by molar-refractivity contribution is -0.116. The van der Waals surface area contributed by atoms with Gasteiger partial charge in [-0.05, 0) is 71.1 Å². The number of anilines is 1. The Morgan fingerprint density at radius 1 is 0.886 bits per heavy atom. The number of ketones is 1. The summed E-state index contributed by atoms with van der Waals surface area (Å²) in [7, 11) is 0. The van der Waals surface area contributed by atoms with Crippen LogP contribution in [0, 0.1) is 0 Å². The topological polar surface area (TPSA) is 38.3 Å². The van der Waals surface area contributed by atoms with Gasteiger partial charge in [0.05, 0.1) is 6.04 Å². The molecule has 0 amide bonds. The van der Waals surface area contributed by atoms with Gasteiger partial charge in [-0.15, -0.1) is 0 Å². The van der Waals surface area contributed by atoms with Crippen LogP contribution >= 0.6 is 23.2 Å². The third kappa shape index (κ3) is 4.09. The van der Waals surface area contributed by atoms with Crippen LogP contribution in [-0.2, 0) is 11.4 Å². The number of carbonyl (C=O) groups is 1. The van der Waals surface area contributed by atoms with E-state index in [9.17, 15) is 4.79 Å². The predicted molar refractivity (Wildman–Crippen MR) is 143 cm³/mol. The van der Waals surface area contributed by atoms with Gasteiger partial charge in [-0.3, -0.25) is 4.79 Å². The summed E-state index contributed by atoms with van der Waals surface area (Å²) in [5, 5.41) is 7.28. The van der Waals surface area contributed by atoms with E-state index in [1.165, 1.54) is 10.8 Å². The molecule has 174 valence electrons. The molecule has 0 saturated carbocycles. The van der Waals surface area contributed by atoms with E-state index in [-0.39, 0.29) is 11.8 Å². The maximum absolute atomic E-state index is 13.4. The number of rotatable bonds is 4. The number of ether oxygens (including phenoxy) is 1. The quantitative estimate of drug-likeness (QED) is 0.306. The zero-order valence-corrected chi connectivity index (χ0v) is 20.5. The average Bonchev–Trinajstić information content (AvgIpc) is 2.87. The lowest BCUT2D eigenvalue weighted by atomic mass is 9.76. The van der Waals surface area contributed by atoms with Gasteiger partial charge in [-0.1, -0.05) is 65.7 Å². The summed E-state index contributed by atoms with van der Waals surface area (Å²) < 4.78 is 6.27. The first-order valence-electron chi connectivity index (χ1n) is 11.8. The molecule has 1 aliphatic carbocycles. The number of halogens is 2. The standard InChI is InChI=1S/C30H23Cl2NO2/c31-20-7-3-5-18(15-20)17-35-27-14-12-21(32)16-24(27)30-29-23(9-4-10-26(29)34)28-22-8-2-1-6-19(22)11-13-25(28)33-30/h1-3,5-8,11-16,30,33H,4,9-10,17H2/t30-/m0/s1. The fourth-order valence-corrected chi connectivity index (χ4v) is 5.69. The summed E-state index contributed by atoms with van der Waals surface area (Å²) in [4.78, 5) is 13.4. The third-order valence-electron chi connectivity index (χ3n) is 6.84. The molecule has 4 aromatic carbocycles. The molecule has 6 rings (SSSR count). The van der Waals surface area contributed by atoms with Crippen molar-refractivity contribution in [2.75, 3.05) is 5.32 Å². The molecule has 0 fully saturated rings. The zero-order valence-electron chi connectivity index (χ0n) is 19.0. The van der Waals surface area contributed by atoms with Crippen LogP contribution in [0.4, 0.5) is 5.69 Å². The average molecular weight is 500 g/mol. The largest absolute Gasteiger partial charge is 0.489 e. The van der Waals surface area contributed by atoms with Gasteiger partial charge in [-0.2, -0.15) is 0 Å². The molecule has 1 aliphatic heterocycles. The van der Waals surface area contributed by atoms with Crippen molar-refractivity contribution in [2.45, 2.75) is 31.9 Å². The van der Waals surface area contributed by atoms with E-state index in [0.717, 1.165) is 46.4 Å². The minimum absolute atomic E-state index is 0.183. The molecule has 0 spiro atoms. The van der Waals surface area contributed by atoms with Crippen molar-refractivity contribution in [1.29, 1.82) is 0 Å². The van der Waals surface area contributed by atoms with E-state index in [1.54, 1.807) is 0 Å². The van der Waals surface area contributed by atoms with Gasteiger partial charge in [0.1, 0.15) is 12.4 Å². The molecule has 0 radical (unpaired) electrons. The highest BCUT2D eigenvalue weighted by molar-refractivity contribution is 6.31. The van der Waals surface area contributed by atoms with Gasteiger partial charge in [0.25, 0.3) is 0 Å². The van der Waals surface area contributed by atoms with Crippen LogP contribution in [0.1, 0.15) is 42.0 Å². The molecule has 1 heterocycles. The molecule has 4 aromatic rings. The molecule has 2 aliphatic rings. The summed E-state index contributed by atoms with van der Waals surface area (Å²) in [6.07, 6.45) is 2.29. The van der Waals surface area contributed by atoms with Crippen LogP contribution in [0.15, 0.2) is 84.4 Å². The maximum Gasteiger partial charge on any atom is 0.161 e. The number of hydrogen-bond acceptors (Lipinski definition) is 3. The molecule has 35 heavy (non-hydrogen) atoms. The van der Waals surface area contributed by atoms with Crippen molar-refractivity contribution in [2.24, 2.45) is 0 Å². The third-order valence-corrected chi connectivity index (χ3v) is 7.31. The first-order valence-corrected chi connectivity index (χ1v) is 12.6. The van der Waals surface area contributed by atoms with Crippen molar-refractivity contribution in [3.8, 4) is 5.75 Å². The van der Waals surface area contributed by atoms with Gasteiger partial charge in [0.15, 0.2) is 5.78 Å². The summed E-state index contributed by atoms with van der Waals surface area (Å²) >= 11 is 12.6. The van der Waals surface area contributed by atoms with Gasteiger partial charge in [0.2, 0.25) is 0 Å². The smallest absolute Gasteiger partial charge is 0.161 e. The summed E-state index contributed by atoms with van der Waals surface area (Å²) in [5.74, 6) is 0.879. The van der Waals surface area contributed by atoms with Crippen LogP contribution < -0.4 is 10.1 Å². The molecule has 0 aromatic heterocycles. The van der Waals surface area contributed by atoms with E-state index < -0.39 is 0 Å². The van der Waals surface area contributed by atoms with Gasteiger partial charge in [0, 0.05) is 38.9 Å². The summed E-state index contributed by atoms with van der Waals surface area (Å²) in [5.41, 5.74) is 5.97. The van der Waals surface area contributed by atoms with E-state index in [2.05, 4.69) is 35.6 Å². The van der Waals surface area contributed by atoms with E-state index in [1.807, 2.05) is 48.5 Å². The van der Waals surface area contributed by atoms with Crippen molar-refractivity contribution < 1.29 is 9.53 Å². The number of nitrogens with one attached hydrogen (secondary N) is 1.